The van der Waals surface area contributed by atoms with E-state index in [0.29, 0.717) is 0 Å². The second-order valence-corrected chi connectivity index (χ2v) is 8.33. The van der Waals surface area contributed by atoms with Crippen molar-refractivity contribution in [2.45, 2.75) is 92.1 Å². The highest BCUT2D eigenvalue weighted by molar-refractivity contribution is 4.96. The summed E-state index contributed by atoms with van der Waals surface area (Å²) in [6, 6.07) is 0. The quantitative estimate of drug-likeness (QED) is 0.154. The molecule has 0 aliphatic carbocycles. The van der Waals surface area contributed by atoms with Gasteiger partial charge in [0.1, 0.15) is 73.2 Å². The number of aliphatic hydroxyl groups is 11. The van der Waals surface area contributed by atoms with Gasteiger partial charge in [0.2, 0.25) is 0 Å². The Morgan fingerprint density at radius 2 is 0.853 bits per heavy atom. The van der Waals surface area contributed by atoms with Crippen LogP contribution >= 0.6 is 0 Å². The van der Waals surface area contributed by atoms with E-state index < -0.39 is 112 Å². The fraction of sp³-hybridized carbons (Fsp3) is 1.00. The lowest BCUT2D eigenvalue weighted by Gasteiger charge is -2.47. The largest absolute Gasteiger partial charge is 0.394 e. The topological polar surface area (TPSA) is 269 Å². The minimum atomic E-state index is -1.91. The van der Waals surface area contributed by atoms with E-state index in [9.17, 15) is 56.2 Å². The Morgan fingerprint density at radius 1 is 0.441 bits per heavy atom. The van der Waals surface area contributed by atoms with Gasteiger partial charge in [0.25, 0.3) is 0 Å². The molecule has 0 spiro atoms. The highest BCUT2D eigenvalue weighted by Gasteiger charge is 2.53. The average Bonchev–Trinajstić information content (AvgIpc) is 2.83. The van der Waals surface area contributed by atoms with Gasteiger partial charge >= 0.3 is 0 Å². The molecule has 0 unspecified atom stereocenters. The van der Waals surface area contributed by atoms with Crippen LogP contribution in [0.5, 0.6) is 0 Å². The predicted octanol–water partition coefficient (Wildman–Crippen LogP) is -7.57. The molecule has 200 valence electrons. The molecule has 0 aromatic carbocycles. The van der Waals surface area contributed by atoms with E-state index in [0.717, 1.165) is 0 Å². The number of hydrogen-bond acceptors (Lipinski definition) is 16. The normalized spacial score (nSPS) is 52.5. The summed E-state index contributed by atoms with van der Waals surface area (Å²) in [5, 5.41) is 109. The Balaban J connectivity index is 1.72. The molecule has 3 aliphatic heterocycles. The molecule has 0 aromatic heterocycles. The van der Waals surface area contributed by atoms with E-state index in [1.54, 1.807) is 0 Å². The van der Waals surface area contributed by atoms with Crippen molar-refractivity contribution in [1.82, 2.24) is 0 Å². The van der Waals surface area contributed by atoms with Gasteiger partial charge in [-0.15, -0.1) is 0 Å². The second-order valence-electron chi connectivity index (χ2n) is 8.33. The molecule has 3 saturated heterocycles. The smallest absolute Gasteiger partial charge is 0.187 e. The standard InChI is InChI=1S/C18H32O16/c19-1-4-7(22)8(23)12(27)17(31-4)34-15-6(3-21)32-18(13(28)10(15)25)33-14-5(2-20)30-16(29)11(26)9(14)24/h4-29H,1-3H2/t4-,5-,6-,7-,8+,9-,10-,11-,12-,13-,14-,15-,16+,17-,18+/m1/s1. The van der Waals surface area contributed by atoms with Gasteiger partial charge in [-0.05, 0) is 0 Å². The monoisotopic (exact) mass is 504 g/mol. The van der Waals surface area contributed by atoms with E-state index in [2.05, 4.69) is 0 Å². The number of aliphatic hydroxyl groups excluding tert-OH is 11. The third-order valence-corrected chi connectivity index (χ3v) is 6.09. The number of hydrogen-bond donors (Lipinski definition) is 11. The average molecular weight is 504 g/mol. The van der Waals surface area contributed by atoms with Gasteiger partial charge in [-0.25, -0.2) is 0 Å². The van der Waals surface area contributed by atoms with E-state index in [-0.39, 0.29) is 0 Å². The van der Waals surface area contributed by atoms with Crippen LogP contribution in [-0.2, 0) is 23.7 Å². The van der Waals surface area contributed by atoms with E-state index >= 15 is 0 Å². The molecule has 0 saturated carbocycles. The first-order valence-electron chi connectivity index (χ1n) is 10.6. The van der Waals surface area contributed by atoms with Gasteiger partial charge in [0.15, 0.2) is 18.9 Å². The van der Waals surface area contributed by atoms with E-state index in [4.69, 9.17) is 23.7 Å². The lowest BCUT2D eigenvalue weighted by molar-refractivity contribution is -0.377. The Hall–Kier alpha value is -0.640. The molecule has 0 amide bonds. The van der Waals surface area contributed by atoms with Gasteiger partial charge in [-0.2, -0.15) is 0 Å². The van der Waals surface area contributed by atoms with Crippen LogP contribution in [0.3, 0.4) is 0 Å². The van der Waals surface area contributed by atoms with Crippen molar-refractivity contribution >= 4 is 0 Å². The molecule has 3 aliphatic rings. The fourth-order valence-electron chi connectivity index (χ4n) is 4.06. The lowest BCUT2D eigenvalue weighted by atomic mass is 9.96. The number of ether oxygens (including phenoxy) is 5. The lowest BCUT2D eigenvalue weighted by Crippen LogP contribution is -2.66. The Kier molecular flexibility index (Phi) is 9.54. The van der Waals surface area contributed by atoms with Crippen molar-refractivity contribution in [3.05, 3.63) is 0 Å². The molecule has 0 radical (unpaired) electrons. The Morgan fingerprint density at radius 3 is 1.35 bits per heavy atom. The molecular weight excluding hydrogens is 472 g/mol. The predicted molar refractivity (Wildman–Crippen MR) is 101 cm³/mol. The molecule has 16 heteroatoms. The van der Waals surface area contributed by atoms with Gasteiger partial charge in [-0.3, -0.25) is 0 Å². The maximum atomic E-state index is 10.6. The van der Waals surface area contributed by atoms with Crippen LogP contribution in [0.2, 0.25) is 0 Å². The van der Waals surface area contributed by atoms with Crippen molar-refractivity contribution in [2.24, 2.45) is 0 Å². The first kappa shape index (κ1) is 27.9. The zero-order valence-corrected chi connectivity index (χ0v) is 17.7. The molecule has 0 bridgehead atoms. The Bertz CT molecular complexity index is 635. The van der Waals surface area contributed by atoms with Crippen LogP contribution < -0.4 is 0 Å². The van der Waals surface area contributed by atoms with Gasteiger partial charge in [-0.1, -0.05) is 0 Å². The van der Waals surface area contributed by atoms with Crippen molar-refractivity contribution < 1.29 is 79.9 Å². The van der Waals surface area contributed by atoms with Crippen LogP contribution in [0.25, 0.3) is 0 Å². The van der Waals surface area contributed by atoms with Crippen LogP contribution in [0.1, 0.15) is 0 Å². The molecule has 16 nitrogen and oxygen atoms in total. The maximum Gasteiger partial charge on any atom is 0.187 e. The summed E-state index contributed by atoms with van der Waals surface area (Å²) in [7, 11) is 0. The molecular formula is C18H32O16. The SMILES string of the molecule is OC[C@H]1O[C@H](O[C@H]2[C@H](O)[C@@H](O)[C@H](O[C@H]3[C@H](O)[C@@H](O)[C@@H](O)O[C@@H]3CO)O[C@@H]2CO)[C@H](O)[C@@H](O)[C@@H]1O. The third kappa shape index (κ3) is 5.37. The highest BCUT2D eigenvalue weighted by Crippen LogP contribution is 2.32. The second kappa shape index (κ2) is 11.6. The number of rotatable bonds is 7. The van der Waals surface area contributed by atoms with Gasteiger partial charge in [0, 0.05) is 0 Å². The fourth-order valence-corrected chi connectivity index (χ4v) is 4.06. The first-order chi connectivity index (χ1) is 16.0. The Labute approximate surface area is 192 Å². The zero-order valence-electron chi connectivity index (χ0n) is 17.7. The minimum Gasteiger partial charge on any atom is -0.394 e. The van der Waals surface area contributed by atoms with Crippen LogP contribution in [0.15, 0.2) is 0 Å². The van der Waals surface area contributed by atoms with Gasteiger partial charge < -0.3 is 79.9 Å². The third-order valence-electron chi connectivity index (χ3n) is 6.09. The summed E-state index contributed by atoms with van der Waals surface area (Å²) in [5.74, 6) is 0. The maximum absolute atomic E-state index is 10.6. The van der Waals surface area contributed by atoms with E-state index in [1.807, 2.05) is 0 Å². The minimum absolute atomic E-state index is 0.741. The summed E-state index contributed by atoms with van der Waals surface area (Å²) in [5.41, 5.74) is 0. The van der Waals surface area contributed by atoms with Crippen molar-refractivity contribution in [3.8, 4) is 0 Å². The summed E-state index contributed by atoms with van der Waals surface area (Å²) in [6.45, 7) is -2.32. The van der Waals surface area contributed by atoms with Crippen molar-refractivity contribution in [2.75, 3.05) is 19.8 Å². The molecule has 3 heterocycles. The van der Waals surface area contributed by atoms with Gasteiger partial charge in [0.05, 0.1) is 19.8 Å². The highest BCUT2D eigenvalue weighted by atomic mass is 16.8. The van der Waals surface area contributed by atoms with Crippen LogP contribution in [0, 0.1) is 0 Å². The van der Waals surface area contributed by atoms with Crippen LogP contribution in [-0.4, -0.2) is 168 Å². The molecule has 0 aromatic rings. The first-order valence-corrected chi connectivity index (χ1v) is 10.6. The van der Waals surface area contributed by atoms with Crippen molar-refractivity contribution in [3.63, 3.8) is 0 Å². The summed E-state index contributed by atoms with van der Waals surface area (Å²) < 4.78 is 26.4. The van der Waals surface area contributed by atoms with Crippen molar-refractivity contribution in [1.29, 1.82) is 0 Å². The summed E-state index contributed by atoms with van der Waals surface area (Å²) in [6.07, 6.45) is -25.1. The molecule has 11 N–H and O–H groups in total. The van der Waals surface area contributed by atoms with E-state index in [1.165, 1.54) is 0 Å². The summed E-state index contributed by atoms with van der Waals surface area (Å²) >= 11 is 0. The zero-order chi connectivity index (χ0) is 25.3. The molecule has 34 heavy (non-hydrogen) atoms. The summed E-state index contributed by atoms with van der Waals surface area (Å²) in [4.78, 5) is 0. The van der Waals surface area contributed by atoms with Crippen LogP contribution in [0.4, 0.5) is 0 Å². The molecule has 3 rings (SSSR count). The molecule has 15 atom stereocenters. The molecule has 3 fully saturated rings.